The Bertz CT molecular complexity index is 331. The summed E-state index contributed by atoms with van der Waals surface area (Å²) in [5.74, 6) is 1.33. The summed E-state index contributed by atoms with van der Waals surface area (Å²) in [6.45, 7) is 3.17. The molecule has 1 aliphatic rings. The Balaban J connectivity index is 1.91. The second-order valence-corrected chi connectivity index (χ2v) is 4.95. The molecule has 94 valence electrons. The third-order valence-electron chi connectivity index (χ3n) is 3.47. The minimum Gasteiger partial charge on any atom is -0.384 e. The summed E-state index contributed by atoms with van der Waals surface area (Å²) >= 11 is 5.79. The molecular formula is C14H20ClNO. The number of alkyl halides is 1. The van der Waals surface area contributed by atoms with Crippen molar-refractivity contribution in [3.63, 3.8) is 0 Å². The van der Waals surface area contributed by atoms with Crippen LogP contribution in [-0.4, -0.2) is 26.8 Å². The molecule has 0 N–H and O–H groups in total. The second-order valence-electron chi connectivity index (χ2n) is 4.69. The van der Waals surface area contributed by atoms with Gasteiger partial charge in [0.1, 0.15) is 0 Å². The second kappa shape index (κ2) is 6.27. The maximum absolute atomic E-state index is 5.79. The van der Waals surface area contributed by atoms with Gasteiger partial charge in [0.05, 0.1) is 0 Å². The van der Waals surface area contributed by atoms with E-state index in [0.29, 0.717) is 5.88 Å². The first-order chi connectivity index (χ1) is 8.33. The first kappa shape index (κ1) is 12.7. The molecule has 2 nitrogen and oxygen atoms in total. The zero-order valence-corrected chi connectivity index (χ0v) is 11.1. The summed E-state index contributed by atoms with van der Waals surface area (Å²) < 4.78 is 5.22. The van der Waals surface area contributed by atoms with E-state index in [1.807, 2.05) is 0 Å². The number of methoxy groups -OCH3 is 1. The van der Waals surface area contributed by atoms with Crippen LogP contribution in [0.4, 0.5) is 5.69 Å². The van der Waals surface area contributed by atoms with Crippen molar-refractivity contribution in [1.29, 1.82) is 0 Å². The molecule has 0 spiro atoms. The molecule has 2 rings (SSSR count). The van der Waals surface area contributed by atoms with Gasteiger partial charge in [-0.2, -0.15) is 0 Å². The van der Waals surface area contributed by atoms with Crippen LogP contribution in [0, 0.1) is 5.92 Å². The zero-order chi connectivity index (χ0) is 12.1. The molecule has 1 heterocycles. The summed E-state index contributed by atoms with van der Waals surface area (Å²) in [6.07, 6.45) is 2.45. The molecular weight excluding hydrogens is 234 g/mol. The topological polar surface area (TPSA) is 12.5 Å². The standard InChI is InChI=1S/C14H20ClNO/c1-17-11-13-6-8-16(9-7-13)14-4-2-12(10-15)3-5-14/h2-5,13H,6-11H2,1H3. The minimum atomic E-state index is 0.593. The van der Waals surface area contributed by atoms with E-state index in [4.69, 9.17) is 16.3 Å². The molecule has 3 heteroatoms. The van der Waals surface area contributed by atoms with Crippen molar-refractivity contribution < 1.29 is 4.74 Å². The van der Waals surface area contributed by atoms with Crippen LogP contribution in [0.1, 0.15) is 18.4 Å². The van der Waals surface area contributed by atoms with Crippen LogP contribution in [0.25, 0.3) is 0 Å². The zero-order valence-electron chi connectivity index (χ0n) is 10.4. The Morgan fingerprint density at radius 1 is 1.24 bits per heavy atom. The Morgan fingerprint density at radius 2 is 1.88 bits per heavy atom. The summed E-state index contributed by atoms with van der Waals surface area (Å²) in [6, 6.07) is 8.58. The smallest absolute Gasteiger partial charge is 0.0491 e. The maximum Gasteiger partial charge on any atom is 0.0491 e. The van der Waals surface area contributed by atoms with E-state index in [2.05, 4.69) is 29.2 Å². The van der Waals surface area contributed by atoms with Gasteiger partial charge >= 0.3 is 0 Å². The van der Waals surface area contributed by atoms with Gasteiger partial charge in [-0.05, 0) is 36.5 Å². The van der Waals surface area contributed by atoms with E-state index >= 15 is 0 Å². The number of anilines is 1. The van der Waals surface area contributed by atoms with E-state index in [0.717, 1.165) is 25.6 Å². The number of hydrogen-bond acceptors (Lipinski definition) is 2. The van der Waals surface area contributed by atoms with Crippen LogP contribution in [-0.2, 0) is 10.6 Å². The highest BCUT2D eigenvalue weighted by molar-refractivity contribution is 6.17. The average molecular weight is 254 g/mol. The van der Waals surface area contributed by atoms with Gasteiger partial charge in [-0.15, -0.1) is 11.6 Å². The van der Waals surface area contributed by atoms with E-state index in [1.54, 1.807) is 7.11 Å². The predicted octanol–water partition coefficient (Wildman–Crippen LogP) is 3.29. The number of rotatable bonds is 4. The van der Waals surface area contributed by atoms with E-state index in [9.17, 15) is 0 Å². The number of piperidine rings is 1. The summed E-state index contributed by atoms with van der Waals surface area (Å²) in [5, 5.41) is 0. The third kappa shape index (κ3) is 3.36. The van der Waals surface area contributed by atoms with E-state index in [1.165, 1.54) is 24.1 Å². The number of halogens is 1. The van der Waals surface area contributed by atoms with Gasteiger partial charge in [0, 0.05) is 38.4 Å². The van der Waals surface area contributed by atoms with Gasteiger partial charge in [-0.3, -0.25) is 0 Å². The van der Waals surface area contributed by atoms with Crippen molar-refractivity contribution in [2.24, 2.45) is 5.92 Å². The highest BCUT2D eigenvalue weighted by Crippen LogP contribution is 2.23. The highest BCUT2D eigenvalue weighted by atomic mass is 35.5. The number of benzene rings is 1. The molecule has 17 heavy (non-hydrogen) atoms. The highest BCUT2D eigenvalue weighted by Gasteiger charge is 2.18. The lowest BCUT2D eigenvalue weighted by Gasteiger charge is -2.33. The van der Waals surface area contributed by atoms with E-state index in [-0.39, 0.29) is 0 Å². The third-order valence-corrected chi connectivity index (χ3v) is 3.78. The SMILES string of the molecule is COCC1CCN(c2ccc(CCl)cc2)CC1. The molecule has 0 unspecified atom stereocenters. The normalized spacial score (nSPS) is 17.4. The molecule has 1 aliphatic heterocycles. The molecule has 0 atom stereocenters. The Hall–Kier alpha value is -0.730. The molecule has 1 saturated heterocycles. The lowest BCUT2D eigenvalue weighted by molar-refractivity contribution is 0.139. The van der Waals surface area contributed by atoms with Crippen molar-refractivity contribution >= 4 is 17.3 Å². The van der Waals surface area contributed by atoms with Crippen molar-refractivity contribution in [3.05, 3.63) is 29.8 Å². The van der Waals surface area contributed by atoms with Gasteiger partial charge in [0.2, 0.25) is 0 Å². The molecule has 0 bridgehead atoms. The molecule has 0 radical (unpaired) electrons. The van der Waals surface area contributed by atoms with Crippen molar-refractivity contribution in [1.82, 2.24) is 0 Å². The van der Waals surface area contributed by atoms with Crippen LogP contribution < -0.4 is 4.90 Å². The Labute approximate surface area is 109 Å². The molecule has 0 amide bonds. The first-order valence-electron chi connectivity index (χ1n) is 6.22. The Kier molecular flexibility index (Phi) is 4.69. The summed E-state index contributed by atoms with van der Waals surface area (Å²) in [7, 11) is 1.79. The number of hydrogen-bond donors (Lipinski definition) is 0. The van der Waals surface area contributed by atoms with Crippen LogP contribution in [0.15, 0.2) is 24.3 Å². The van der Waals surface area contributed by atoms with Gasteiger partial charge in [0.25, 0.3) is 0 Å². The molecule has 1 fully saturated rings. The fourth-order valence-corrected chi connectivity index (χ4v) is 2.57. The van der Waals surface area contributed by atoms with Crippen LogP contribution in [0.3, 0.4) is 0 Å². The largest absolute Gasteiger partial charge is 0.384 e. The molecule has 0 aliphatic carbocycles. The van der Waals surface area contributed by atoms with Crippen molar-refractivity contribution in [3.8, 4) is 0 Å². The van der Waals surface area contributed by atoms with Gasteiger partial charge in [-0.25, -0.2) is 0 Å². The predicted molar refractivity (Wildman–Crippen MR) is 72.8 cm³/mol. The molecule has 1 aromatic carbocycles. The lowest BCUT2D eigenvalue weighted by atomic mass is 9.97. The van der Waals surface area contributed by atoms with Crippen LogP contribution >= 0.6 is 11.6 Å². The quantitative estimate of drug-likeness (QED) is 0.764. The molecule has 1 aromatic rings. The first-order valence-corrected chi connectivity index (χ1v) is 6.75. The maximum atomic E-state index is 5.79. The van der Waals surface area contributed by atoms with Crippen molar-refractivity contribution in [2.45, 2.75) is 18.7 Å². The minimum absolute atomic E-state index is 0.593. The van der Waals surface area contributed by atoms with Crippen LogP contribution in [0.2, 0.25) is 0 Å². The summed E-state index contributed by atoms with van der Waals surface area (Å²) in [5.41, 5.74) is 2.50. The number of nitrogens with zero attached hydrogens (tertiary/aromatic N) is 1. The van der Waals surface area contributed by atoms with Crippen LogP contribution in [0.5, 0.6) is 0 Å². The monoisotopic (exact) mass is 253 g/mol. The summed E-state index contributed by atoms with van der Waals surface area (Å²) in [4.78, 5) is 2.45. The number of ether oxygens (including phenoxy) is 1. The average Bonchev–Trinajstić information content (AvgIpc) is 2.40. The molecule has 0 aromatic heterocycles. The van der Waals surface area contributed by atoms with Gasteiger partial charge in [0.15, 0.2) is 0 Å². The lowest BCUT2D eigenvalue weighted by Crippen LogP contribution is -2.34. The van der Waals surface area contributed by atoms with Crippen molar-refractivity contribution in [2.75, 3.05) is 31.7 Å². The van der Waals surface area contributed by atoms with E-state index < -0.39 is 0 Å². The Morgan fingerprint density at radius 3 is 2.41 bits per heavy atom. The molecule has 0 saturated carbocycles. The fourth-order valence-electron chi connectivity index (χ4n) is 2.39. The van der Waals surface area contributed by atoms with Gasteiger partial charge in [-0.1, -0.05) is 12.1 Å². The van der Waals surface area contributed by atoms with Gasteiger partial charge < -0.3 is 9.64 Å². The fraction of sp³-hybridized carbons (Fsp3) is 0.571.